The predicted molar refractivity (Wildman–Crippen MR) is 201 cm³/mol. The van der Waals surface area contributed by atoms with Crippen LogP contribution in [0.3, 0.4) is 0 Å². The van der Waals surface area contributed by atoms with E-state index < -0.39 is 68.7 Å². The third-order valence-corrected chi connectivity index (χ3v) is 10.1. The molecule has 0 aliphatic carbocycles. The van der Waals surface area contributed by atoms with Crippen molar-refractivity contribution in [1.82, 2.24) is 9.78 Å². The van der Waals surface area contributed by atoms with Crippen LogP contribution < -0.4 is 20.4 Å². The van der Waals surface area contributed by atoms with E-state index in [4.69, 9.17) is 0 Å². The summed E-state index contributed by atoms with van der Waals surface area (Å²) in [6, 6.07) is 20.8. The first-order chi connectivity index (χ1) is 28.2. The number of fused-ring (bicyclic) bond motifs is 2. The summed E-state index contributed by atoms with van der Waals surface area (Å²) in [7, 11) is -9.75. The molecular formula is C36H23CrN8O14S2. The molecule has 61 heavy (non-hydrogen) atoms. The van der Waals surface area contributed by atoms with Gasteiger partial charge in [-0.15, -0.1) is 5.11 Å². The van der Waals surface area contributed by atoms with E-state index in [-0.39, 0.29) is 72.2 Å². The number of nitro benzene ring substituents is 2. The van der Waals surface area contributed by atoms with Crippen molar-refractivity contribution in [3.05, 3.63) is 129 Å². The molecule has 0 saturated carbocycles. The van der Waals surface area contributed by atoms with Gasteiger partial charge >= 0.3 is 21.6 Å². The van der Waals surface area contributed by atoms with Gasteiger partial charge in [0.25, 0.3) is 11.4 Å². The molecule has 0 atom stereocenters. The Hall–Kier alpha value is -7.40. The molecule has 1 aromatic heterocycles. The van der Waals surface area contributed by atoms with Gasteiger partial charge < -0.3 is 29.5 Å². The van der Waals surface area contributed by atoms with Gasteiger partial charge in [-0.1, -0.05) is 59.7 Å². The molecule has 22 nitrogen and oxygen atoms in total. The van der Waals surface area contributed by atoms with Crippen molar-refractivity contribution in [2.75, 3.05) is 0 Å². The van der Waals surface area contributed by atoms with Gasteiger partial charge in [0.15, 0.2) is 0 Å². The van der Waals surface area contributed by atoms with Crippen molar-refractivity contribution < 1.29 is 77.9 Å². The van der Waals surface area contributed by atoms with Crippen LogP contribution in [0.1, 0.15) is 9.97 Å². The maximum atomic E-state index is 12.5. The van der Waals surface area contributed by atoms with Crippen LogP contribution in [-0.2, 0) is 37.6 Å². The maximum absolute atomic E-state index is 12.5. The quantitative estimate of drug-likeness (QED) is 0.0771. The second kappa shape index (κ2) is 17.4. The molecule has 0 unspecified atom stereocenters. The normalized spacial score (nSPS) is 11.7. The molecular weight excluding hydrogens is 885 g/mol. The number of aryl methyl sites for hydroxylation is 1. The SMILES string of the molecule is Cc1nn(-c2ccc(S(=O)(=O)[O-])cc2)c([O-])c1N=Nc1cc([N+](=O)[O-])ccc1[O-].O=[N+]([O-])c1ccc2c(N=Nc3c([O-])ccc4ccccc34)c([O-])cc(S(=O)(=O)[O-])c2c1.[Cr+3].[H+].[H+].[H+]. The van der Waals surface area contributed by atoms with Crippen molar-refractivity contribution in [3.8, 4) is 28.8 Å². The Bertz CT molecular complexity index is 3200. The van der Waals surface area contributed by atoms with Crippen LogP contribution in [0.4, 0.5) is 34.1 Å². The molecule has 0 amide bonds. The molecule has 1 heterocycles. The van der Waals surface area contributed by atoms with Crippen molar-refractivity contribution in [2.45, 2.75) is 16.7 Å². The van der Waals surface area contributed by atoms with Gasteiger partial charge in [-0.05, 0) is 48.7 Å². The molecule has 0 saturated heterocycles. The van der Waals surface area contributed by atoms with E-state index in [9.17, 15) is 66.6 Å². The molecule has 0 fully saturated rings. The topological polar surface area (TPSA) is 360 Å². The third kappa shape index (κ3) is 9.58. The number of nitrogens with zero attached hydrogens (tertiary/aromatic N) is 8. The van der Waals surface area contributed by atoms with Gasteiger partial charge in [-0.2, -0.15) is 20.4 Å². The summed E-state index contributed by atoms with van der Waals surface area (Å²) in [6.07, 6.45) is 0. The zero-order valence-electron chi connectivity index (χ0n) is 33.3. The first-order valence-corrected chi connectivity index (χ1v) is 19.2. The van der Waals surface area contributed by atoms with Crippen molar-refractivity contribution in [2.24, 2.45) is 20.5 Å². The fraction of sp³-hybridized carbons (Fsp3) is 0.0278. The van der Waals surface area contributed by atoms with E-state index in [0.29, 0.717) is 16.8 Å². The summed E-state index contributed by atoms with van der Waals surface area (Å²) in [5, 5.41) is 90.8. The third-order valence-electron chi connectivity index (χ3n) is 8.38. The Kier molecular flexibility index (Phi) is 12.8. The van der Waals surface area contributed by atoms with Crippen LogP contribution in [0.2, 0.25) is 0 Å². The van der Waals surface area contributed by atoms with Crippen molar-refractivity contribution in [1.29, 1.82) is 0 Å². The first kappa shape index (κ1) is 44.7. The number of rotatable bonds is 9. The van der Waals surface area contributed by atoms with E-state index in [1.54, 1.807) is 30.3 Å². The molecule has 7 rings (SSSR count). The number of azo groups is 2. The van der Waals surface area contributed by atoms with Crippen LogP contribution in [0, 0.1) is 27.2 Å². The van der Waals surface area contributed by atoms with E-state index in [1.165, 1.54) is 25.1 Å². The summed E-state index contributed by atoms with van der Waals surface area (Å²) >= 11 is 0. The summed E-state index contributed by atoms with van der Waals surface area (Å²) < 4.78 is 68.7. The van der Waals surface area contributed by atoms with Gasteiger partial charge in [-0.3, -0.25) is 20.2 Å². The first-order valence-electron chi connectivity index (χ1n) is 16.4. The number of aromatic nitrogens is 2. The average Bonchev–Trinajstić information content (AvgIpc) is 3.48. The summed E-state index contributed by atoms with van der Waals surface area (Å²) in [6.45, 7) is 1.45. The second-order valence-corrected chi connectivity index (χ2v) is 14.9. The monoisotopic (exact) mass is 907 g/mol. The molecule has 1 radical (unpaired) electrons. The van der Waals surface area contributed by atoms with Crippen LogP contribution in [0.5, 0.6) is 23.1 Å². The number of nitro groups is 2. The molecule has 6 aromatic carbocycles. The molecule has 309 valence electrons. The fourth-order valence-corrected chi connectivity index (χ4v) is 6.70. The number of non-ortho nitro benzene ring substituents is 2. The Morgan fingerprint density at radius 2 is 1.18 bits per heavy atom. The van der Waals surface area contributed by atoms with Crippen LogP contribution in [-0.4, -0.2) is 45.6 Å². The molecule has 0 aliphatic rings. The van der Waals surface area contributed by atoms with Crippen molar-refractivity contribution >= 4 is 75.9 Å². The fourth-order valence-electron chi connectivity index (χ4n) is 5.55. The molecule has 0 bridgehead atoms. The van der Waals surface area contributed by atoms with E-state index in [2.05, 4.69) is 25.6 Å². The minimum atomic E-state index is -5.11. The minimum Gasteiger partial charge on any atom is -0.871 e. The van der Waals surface area contributed by atoms with E-state index in [0.717, 1.165) is 53.2 Å². The van der Waals surface area contributed by atoms with Crippen LogP contribution in [0.15, 0.2) is 133 Å². The smallest absolute Gasteiger partial charge is 0.871 e. The molecule has 0 aliphatic heterocycles. The van der Waals surface area contributed by atoms with Crippen molar-refractivity contribution in [3.63, 3.8) is 0 Å². The van der Waals surface area contributed by atoms with Crippen LogP contribution >= 0.6 is 0 Å². The zero-order chi connectivity index (χ0) is 43.7. The summed E-state index contributed by atoms with van der Waals surface area (Å²) in [4.78, 5) is 19.0. The standard InChI is InChI=1S/C20H13N3O7S.C16H13N5O7S.Cr/c24-16-8-5-11-3-1-2-4-13(11)19(16)21-22-20-14-7-6-12(23(26)27)9-15(14)18(10-17(20)25)31(28,29)30;1-9-15(18-17-13-8-11(21(24)25)4-7-14(13)22)16(23)20(19-9)10-2-5-12(6-3-10)29(26,27)28;/h1-10,24-25H,(H,28,29,30);2-8,22-23H,1H3,(H,26,27,28);/q;;+3/p-3. The number of hydrogen-bond acceptors (Lipinski definition) is 19. The van der Waals surface area contributed by atoms with Gasteiger partial charge in [0.1, 0.15) is 25.9 Å². The molecule has 0 N–H and O–H groups in total. The van der Waals surface area contributed by atoms with E-state index >= 15 is 0 Å². The number of benzene rings is 6. The summed E-state index contributed by atoms with van der Waals surface area (Å²) in [5.74, 6) is -2.73. The summed E-state index contributed by atoms with van der Waals surface area (Å²) in [5.41, 5.74) is -1.44. The maximum Gasteiger partial charge on any atom is 3.00 e. The second-order valence-electron chi connectivity index (χ2n) is 12.2. The van der Waals surface area contributed by atoms with Gasteiger partial charge in [0.05, 0.1) is 48.1 Å². The Morgan fingerprint density at radius 3 is 1.80 bits per heavy atom. The zero-order valence-corrected chi connectivity index (χ0v) is 33.2. The van der Waals surface area contributed by atoms with E-state index in [1.807, 2.05) is 0 Å². The number of hydrogen-bond donors (Lipinski definition) is 0. The largest absolute Gasteiger partial charge is 3.00 e. The molecule has 0 spiro atoms. The average molecular weight is 908 g/mol. The van der Waals surface area contributed by atoms with Gasteiger partial charge in [0, 0.05) is 46.3 Å². The molecule has 7 aromatic rings. The van der Waals surface area contributed by atoms with Gasteiger partial charge in [-0.25, -0.2) is 21.5 Å². The minimum absolute atomic E-state index is 0. The molecule has 25 heteroatoms. The Labute approximate surface area is 357 Å². The van der Waals surface area contributed by atoms with Gasteiger partial charge in [0.2, 0.25) is 0 Å². The van der Waals surface area contributed by atoms with Crippen LogP contribution in [0.25, 0.3) is 27.2 Å². The predicted octanol–water partition coefficient (Wildman–Crippen LogP) is 5.26. The Morgan fingerprint density at radius 1 is 0.607 bits per heavy atom. The Balaban J connectivity index is 0.000000415.